The molecule has 0 radical (unpaired) electrons. The Labute approximate surface area is 184 Å². The number of unbranched alkanes of at least 4 members (excludes halogenated alkanes) is 1. The molecule has 3 heterocycles. The van der Waals surface area contributed by atoms with E-state index in [1.54, 1.807) is 0 Å². The van der Waals surface area contributed by atoms with Crippen LogP contribution in [0.1, 0.15) is 60.1 Å². The number of rotatable bonds is 6. The molecule has 0 saturated carbocycles. The fourth-order valence-corrected chi connectivity index (χ4v) is 4.90. The Morgan fingerprint density at radius 3 is 2.60 bits per heavy atom. The maximum absolute atomic E-state index is 5.78. The van der Waals surface area contributed by atoms with Crippen LogP contribution in [0.3, 0.4) is 0 Å². The van der Waals surface area contributed by atoms with Gasteiger partial charge in [0.1, 0.15) is 0 Å². The number of hydrogen-bond donors (Lipinski definition) is 1. The van der Waals surface area contributed by atoms with Crippen LogP contribution in [0.5, 0.6) is 0 Å². The molecule has 4 rings (SSSR count). The molecule has 1 fully saturated rings. The van der Waals surface area contributed by atoms with Crippen molar-refractivity contribution < 1.29 is 0 Å². The van der Waals surface area contributed by atoms with Crippen molar-refractivity contribution >= 4 is 17.3 Å². The van der Waals surface area contributed by atoms with Gasteiger partial charge in [0.15, 0.2) is 5.11 Å². The van der Waals surface area contributed by atoms with Crippen molar-refractivity contribution in [2.45, 2.75) is 52.6 Å². The van der Waals surface area contributed by atoms with Crippen molar-refractivity contribution in [3.05, 3.63) is 82.9 Å². The van der Waals surface area contributed by atoms with Crippen LogP contribution < -0.4 is 5.32 Å². The fourth-order valence-electron chi connectivity index (χ4n) is 4.56. The van der Waals surface area contributed by atoms with E-state index in [1.165, 1.54) is 28.2 Å². The molecule has 0 spiro atoms. The minimum Gasteiger partial charge on any atom is -0.352 e. The van der Waals surface area contributed by atoms with Gasteiger partial charge in [-0.15, -0.1) is 0 Å². The first-order valence-corrected chi connectivity index (χ1v) is 11.2. The van der Waals surface area contributed by atoms with E-state index in [-0.39, 0.29) is 12.1 Å². The highest BCUT2D eigenvalue weighted by Crippen LogP contribution is 2.41. The summed E-state index contributed by atoms with van der Waals surface area (Å²) in [5.74, 6) is 0. The molecule has 30 heavy (non-hydrogen) atoms. The molecule has 1 aliphatic rings. The lowest BCUT2D eigenvalue weighted by atomic mass is 9.96. The zero-order valence-electron chi connectivity index (χ0n) is 18.2. The number of nitrogens with one attached hydrogen (secondary N) is 1. The van der Waals surface area contributed by atoms with Gasteiger partial charge in [-0.05, 0) is 80.9 Å². The predicted molar refractivity (Wildman–Crippen MR) is 127 cm³/mol. The molecule has 5 heteroatoms. The van der Waals surface area contributed by atoms with E-state index in [0.717, 1.165) is 30.2 Å². The second-order valence-corrected chi connectivity index (χ2v) is 8.56. The first kappa shape index (κ1) is 20.6. The van der Waals surface area contributed by atoms with Crippen molar-refractivity contribution in [1.29, 1.82) is 0 Å². The summed E-state index contributed by atoms with van der Waals surface area (Å²) in [7, 11) is 0. The van der Waals surface area contributed by atoms with Gasteiger partial charge in [0.25, 0.3) is 0 Å². The van der Waals surface area contributed by atoms with Crippen molar-refractivity contribution in [3.63, 3.8) is 0 Å². The first-order chi connectivity index (χ1) is 14.5. The minimum atomic E-state index is 0.0435. The topological polar surface area (TPSA) is 33.1 Å². The van der Waals surface area contributed by atoms with Crippen molar-refractivity contribution in [2.24, 2.45) is 0 Å². The van der Waals surface area contributed by atoms with E-state index in [1.807, 2.05) is 12.3 Å². The summed E-state index contributed by atoms with van der Waals surface area (Å²) >= 11 is 5.78. The Balaban J connectivity index is 1.82. The quantitative estimate of drug-likeness (QED) is 0.531. The third-order valence-corrected chi connectivity index (χ3v) is 6.35. The second kappa shape index (κ2) is 8.60. The van der Waals surface area contributed by atoms with Crippen molar-refractivity contribution in [2.75, 3.05) is 6.54 Å². The molecule has 1 aliphatic heterocycles. The third kappa shape index (κ3) is 3.74. The molecule has 4 nitrogen and oxygen atoms in total. The molecule has 1 N–H and O–H groups in total. The van der Waals surface area contributed by atoms with Crippen LogP contribution in [0.15, 0.2) is 54.7 Å². The third-order valence-electron chi connectivity index (χ3n) is 6.00. The number of nitrogens with zero attached hydrogens (tertiary/aromatic N) is 3. The summed E-state index contributed by atoms with van der Waals surface area (Å²) in [4.78, 5) is 7.02. The van der Waals surface area contributed by atoms with Crippen LogP contribution in [0, 0.1) is 20.8 Å². The second-order valence-electron chi connectivity index (χ2n) is 8.17. The molecular formula is C25H30N4S. The van der Waals surface area contributed by atoms with Crippen LogP contribution in [0.2, 0.25) is 0 Å². The van der Waals surface area contributed by atoms with Gasteiger partial charge in [0.05, 0.1) is 17.8 Å². The molecular weight excluding hydrogens is 388 g/mol. The molecule has 0 aliphatic carbocycles. The Kier molecular flexibility index (Phi) is 5.91. The lowest BCUT2D eigenvalue weighted by molar-refractivity contribution is 0.312. The predicted octanol–water partition coefficient (Wildman–Crippen LogP) is 5.57. The first-order valence-electron chi connectivity index (χ1n) is 10.7. The smallest absolute Gasteiger partial charge is 0.170 e. The lowest BCUT2D eigenvalue weighted by Crippen LogP contribution is -2.30. The summed E-state index contributed by atoms with van der Waals surface area (Å²) in [5, 5.41) is 4.39. The SMILES string of the molecule is CCCCN1C(=S)N[C@H](c2ccccn2)[C@H]1c1cc(C)n(-c2cccc(C)c2)c1C. The maximum atomic E-state index is 5.78. The molecule has 2 atom stereocenters. The number of pyridine rings is 1. The normalized spacial score (nSPS) is 18.7. The molecule has 156 valence electrons. The monoisotopic (exact) mass is 418 g/mol. The lowest BCUT2D eigenvalue weighted by Gasteiger charge is -2.28. The van der Waals surface area contributed by atoms with Crippen molar-refractivity contribution in [1.82, 2.24) is 19.8 Å². The van der Waals surface area contributed by atoms with E-state index in [4.69, 9.17) is 12.2 Å². The van der Waals surface area contributed by atoms with Gasteiger partial charge in [0, 0.05) is 29.8 Å². The number of hydrogen-bond acceptors (Lipinski definition) is 2. The van der Waals surface area contributed by atoms with E-state index in [2.05, 4.69) is 89.9 Å². The highest BCUT2D eigenvalue weighted by Gasteiger charge is 2.41. The molecule has 1 aromatic carbocycles. The van der Waals surface area contributed by atoms with Crippen LogP contribution in [0.4, 0.5) is 0 Å². The molecule has 3 aromatic rings. The molecule has 0 amide bonds. The fraction of sp³-hybridized carbons (Fsp3) is 0.360. The molecule has 0 bridgehead atoms. The zero-order valence-corrected chi connectivity index (χ0v) is 19.0. The summed E-state index contributed by atoms with van der Waals surface area (Å²) < 4.78 is 2.36. The number of aromatic nitrogens is 2. The van der Waals surface area contributed by atoms with Gasteiger partial charge in [0.2, 0.25) is 0 Å². The number of benzene rings is 1. The van der Waals surface area contributed by atoms with E-state index in [0.29, 0.717) is 0 Å². The molecule has 0 unspecified atom stereocenters. The maximum Gasteiger partial charge on any atom is 0.170 e. The van der Waals surface area contributed by atoms with Crippen LogP contribution in [0.25, 0.3) is 5.69 Å². The Morgan fingerprint density at radius 1 is 1.07 bits per heavy atom. The van der Waals surface area contributed by atoms with Crippen molar-refractivity contribution in [3.8, 4) is 5.69 Å². The van der Waals surface area contributed by atoms with Gasteiger partial charge in [-0.25, -0.2) is 0 Å². The highest BCUT2D eigenvalue weighted by molar-refractivity contribution is 7.80. The van der Waals surface area contributed by atoms with Gasteiger partial charge in [-0.3, -0.25) is 4.98 Å². The van der Waals surface area contributed by atoms with Gasteiger partial charge in [-0.2, -0.15) is 0 Å². The van der Waals surface area contributed by atoms with Crippen LogP contribution in [-0.4, -0.2) is 26.1 Å². The average molecular weight is 419 g/mol. The standard InChI is InChI=1S/C25H30N4S/c1-5-6-14-28-24(23(27-25(28)30)22-12-7-8-13-26-22)21-16-18(3)29(19(21)4)20-11-9-10-17(2)15-20/h7-13,15-16,23-24H,5-6,14H2,1-4H3,(H,27,30)/t23-,24-/m1/s1. The van der Waals surface area contributed by atoms with Gasteiger partial charge in [-0.1, -0.05) is 31.5 Å². The van der Waals surface area contributed by atoms with Gasteiger partial charge < -0.3 is 14.8 Å². The number of thiocarbonyl (C=S) groups is 1. The summed E-state index contributed by atoms with van der Waals surface area (Å²) in [6.07, 6.45) is 4.12. The zero-order chi connectivity index (χ0) is 21.3. The minimum absolute atomic E-state index is 0.0435. The van der Waals surface area contributed by atoms with E-state index < -0.39 is 0 Å². The summed E-state index contributed by atoms with van der Waals surface area (Å²) in [6, 6.07) is 17.3. The molecule has 1 saturated heterocycles. The van der Waals surface area contributed by atoms with Crippen LogP contribution in [-0.2, 0) is 0 Å². The van der Waals surface area contributed by atoms with Crippen LogP contribution >= 0.6 is 12.2 Å². The average Bonchev–Trinajstić information content (AvgIpc) is 3.22. The summed E-state index contributed by atoms with van der Waals surface area (Å²) in [6.45, 7) is 9.72. The number of aryl methyl sites for hydroxylation is 2. The summed E-state index contributed by atoms with van der Waals surface area (Å²) in [5.41, 5.74) is 7.32. The van der Waals surface area contributed by atoms with E-state index >= 15 is 0 Å². The highest BCUT2D eigenvalue weighted by atomic mass is 32.1. The van der Waals surface area contributed by atoms with E-state index in [9.17, 15) is 0 Å². The molecule has 2 aromatic heterocycles. The Hall–Kier alpha value is -2.66. The largest absolute Gasteiger partial charge is 0.352 e. The Morgan fingerprint density at radius 2 is 1.90 bits per heavy atom. The Bertz CT molecular complexity index is 1040. The van der Waals surface area contributed by atoms with Gasteiger partial charge >= 0.3 is 0 Å².